The minimum absolute atomic E-state index is 0.0161. The van der Waals surface area contributed by atoms with Gasteiger partial charge in [-0.3, -0.25) is 9.69 Å². The second kappa shape index (κ2) is 7.34. The highest BCUT2D eigenvalue weighted by atomic mass is 32.2. The molecule has 2 amide bonds. The van der Waals surface area contributed by atoms with Crippen LogP contribution in [0.25, 0.3) is 0 Å². The van der Waals surface area contributed by atoms with Gasteiger partial charge in [0.05, 0.1) is 18.8 Å². The van der Waals surface area contributed by atoms with Crippen molar-refractivity contribution in [1.29, 1.82) is 0 Å². The van der Waals surface area contributed by atoms with Gasteiger partial charge in [-0.05, 0) is 25.7 Å². The van der Waals surface area contributed by atoms with Crippen LogP contribution in [0.4, 0.5) is 25.0 Å². The van der Waals surface area contributed by atoms with E-state index in [1.165, 1.54) is 17.0 Å². The van der Waals surface area contributed by atoms with Gasteiger partial charge in [0, 0.05) is 41.6 Å². The molecule has 4 fully saturated rings. The number of ether oxygens (including phenoxy) is 1. The van der Waals surface area contributed by atoms with Crippen LogP contribution in [0.1, 0.15) is 25.7 Å². The summed E-state index contributed by atoms with van der Waals surface area (Å²) in [5.74, 6) is 0.495. The van der Waals surface area contributed by atoms with Crippen LogP contribution in [0, 0.1) is 17.6 Å². The minimum atomic E-state index is -0.656. The Balaban J connectivity index is 1.31. The number of amides is 2. The molecule has 1 N–H and O–H groups in total. The van der Waals surface area contributed by atoms with E-state index in [1.54, 1.807) is 0 Å². The van der Waals surface area contributed by atoms with Crippen molar-refractivity contribution < 1.29 is 23.1 Å². The summed E-state index contributed by atoms with van der Waals surface area (Å²) in [6.07, 6.45) is 2.49. The first-order valence-electron chi connectivity index (χ1n) is 10.1. The Morgan fingerprint density at radius 3 is 2.41 bits per heavy atom. The standard InChI is InChI=1S/C20H23F2N3O3S/c21-16-5-14(6-17(22)18(16)25-12-3-4-13(25)10-29-9-12)24-8-15(28-20(24)27)7-23-19(26)11-1-2-11/h5-6,11-13,15H,1-4,7-10H2,(H,23,26)/t12-,13+,15?. The quantitative estimate of drug-likeness (QED) is 0.789. The maximum Gasteiger partial charge on any atom is 0.414 e. The Hall–Kier alpha value is -2.03. The van der Waals surface area contributed by atoms with Gasteiger partial charge in [-0.2, -0.15) is 11.8 Å². The van der Waals surface area contributed by atoms with Crippen molar-refractivity contribution in [3.63, 3.8) is 0 Å². The normalized spacial score (nSPS) is 28.6. The van der Waals surface area contributed by atoms with E-state index >= 15 is 0 Å². The summed E-state index contributed by atoms with van der Waals surface area (Å²) < 4.78 is 35.2. The number of hydrogen-bond acceptors (Lipinski definition) is 5. The van der Waals surface area contributed by atoms with Crippen LogP contribution in [-0.4, -0.2) is 54.8 Å². The Kier molecular flexibility index (Phi) is 4.80. The number of fused-ring (bicyclic) bond motifs is 2. The molecule has 4 aliphatic rings. The summed E-state index contributed by atoms with van der Waals surface area (Å²) in [5, 5.41) is 2.77. The predicted molar refractivity (Wildman–Crippen MR) is 106 cm³/mol. The molecule has 1 aliphatic carbocycles. The van der Waals surface area contributed by atoms with E-state index in [1.807, 2.05) is 16.7 Å². The van der Waals surface area contributed by atoms with Gasteiger partial charge in [0.2, 0.25) is 5.91 Å². The van der Waals surface area contributed by atoms with Crippen LogP contribution in [-0.2, 0) is 9.53 Å². The third kappa shape index (κ3) is 3.53. The molecule has 1 saturated carbocycles. The van der Waals surface area contributed by atoms with Crippen LogP contribution in [0.3, 0.4) is 0 Å². The molecular weight excluding hydrogens is 400 g/mol. The molecule has 6 nitrogen and oxygen atoms in total. The zero-order valence-electron chi connectivity index (χ0n) is 15.9. The van der Waals surface area contributed by atoms with E-state index in [0.29, 0.717) is 0 Å². The van der Waals surface area contributed by atoms with Gasteiger partial charge >= 0.3 is 6.09 Å². The van der Waals surface area contributed by atoms with Crippen molar-refractivity contribution in [2.24, 2.45) is 5.92 Å². The van der Waals surface area contributed by atoms with Crippen molar-refractivity contribution in [2.45, 2.75) is 43.9 Å². The molecule has 0 radical (unpaired) electrons. The smallest absolute Gasteiger partial charge is 0.414 e. The molecule has 3 atom stereocenters. The third-order valence-corrected chi connectivity index (χ3v) is 7.38. The maximum absolute atomic E-state index is 15.0. The van der Waals surface area contributed by atoms with Gasteiger partial charge in [-0.25, -0.2) is 13.6 Å². The lowest BCUT2D eigenvalue weighted by atomic mass is 10.1. The Morgan fingerprint density at radius 1 is 1.14 bits per heavy atom. The number of halogens is 2. The second-order valence-electron chi connectivity index (χ2n) is 8.22. The maximum atomic E-state index is 15.0. The van der Waals surface area contributed by atoms with Crippen molar-refractivity contribution in [3.8, 4) is 0 Å². The largest absolute Gasteiger partial charge is 0.442 e. The number of carbonyl (C=O) groups excluding carboxylic acids is 2. The van der Waals surface area contributed by atoms with Gasteiger partial charge in [0.15, 0.2) is 11.6 Å². The summed E-state index contributed by atoms with van der Waals surface area (Å²) in [6, 6.07) is 2.74. The number of cyclic esters (lactones) is 1. The van der Waals surface area contributed by atoms with Crippen molar-refractivity contribution >= 4 is 35.1 Å². The number of anilines is 2. The van der Waals surface area contributed by atoms with Crippen LogP contribution in [0.5, 0.6) is 0 Å². The average Bonchev–Trinajstić information content (AvgIpc) is 3.43. The molecule has 0 aromatic heterocycles. The summed E-state index contributed by atoms with van der Waals surface area (Å²) in [7, 11) is 0. The molecule has 5 rings (SSSR count). The summed E-state index contributed by atoms with van der Waals surface area (Å²) in [4.78, 5) is 27.1. The summed E-state index contributed by atoms with van der Waals surface area (Å²) >= 11 is 1.83. The number of carbonyl (C=O) groups is 2. The fourth-order valence-corrected chi connectivity index (χ4v) is 5.83. The highest BCUT2D eigenvalue weighted by Gasteiger charge is 2.40. The molecule has 3 aliphatic heterocycles. The molecule has 3 saturated heterocycles. The molecule has 9 heteroatoms. The number of benzene rings is 1. The Morgan fingerprint density at radius 2 is 1.79 bits per heavy atom. The fourth-order valence-electron chi connectivity index (χ4n) is 4.49. The van der Waals surface area contributed by atoms with Crippen LogP contribution in [0.15, 0.2) is 12.1 Å². The lowest BCUT2D eigenvalue weighted by Crippen LogP contribution is -2.43. The molecule has 0 spiro atoms. The zero-order valence-corrected chi connectivity index (χ0v) is 16.7. The number of thioether (sulfide) groups is 1. The monoisotopic (exact) mass is 423 g/mol. The lowest BCUT2D eigenvalue weighted by molar-refractivity contribution is -0.122. The topological polar surface area (TPSA) is 61.9 Å². The Bertz CT molecular complexity index is 811. The first-order valence-corrected chi connectivity index (χ1v) is 11.3. The van der Waals surface area contributed by atoms with E-state index in [-0.39, 0.29) is 48.4 Å². The molecule has 3 heterocycles. The fraction of sp³-hybridized carbons (Fsp3) is 0.600. The average molecular weight is 423 g/mol. The van der Waals surface area contributed by atoms with E-state index < -0.39 is 23.8 Å². The highest BCUT2D eigenvalue weighted by molar-refractivity contribution is 7.99. The number of nitrogens with one attached hydrogen (secondary N) is 1. The minimum Gasteiger partial charge on any atom is -0.442 e. The second-order valence-corrected chi connectivity index (χ2v) is 9.30. The molecule has 2 bridgehead atoms. The van der Waals surface area contributed by atoms with E-state index in [2.05, 4.69) is 5.32 Å². The zero-order chi connectivity index (χ0) is 20.1. The van der Waals surface area contributed by atoms with E-state index in [9.17, 15) is 18.4 Å². The van der Waals surface area contributed by atoms with Crippen LogP contribution in [0.2, 0.25) is 0 Å². The first-order chi connectivity index (χ1) is 14.0. The van der Waals surface area contributed by atoms with Gasteiger partial charge in [0.25, 0.3) is 0 Å². The van der Waals surface area contributed by atoms with Gasteiger partial charge < -0.3 is 15.0 Å². The van der Waals surface area contributed by atoms with Crippen LogP contribution < -0.4 is 15.1 Å². The number of rotatable bonds is 5. The number of hydrogen-bond donors (Lipinski definition) is 1. The van der Waals surface area contributed by atoms with E-state index in [0.717, 1.165) is 37.2 Å². The highest BCUT2D eigenvalue weighted by Crippen LogP contribution is 2.41. The summed E-state index contributed by atoms with van der Waals surface area (Å²) in [5.41, 5.74) is 0.158. The molecule has 1 unspecified atom stereocenters. The Labute approximate surface area is 171 Å². The van der Waals surface area contributed by atoms with E-state index in [4.69, 9.17) is 4.74 Å². The predicted octanol–water partition coefficient (Wildman–Crippen LogP) is 2.90. The van der Waals surface area contributed by atoms with Gasteiger partial charge in [0.1, 0.15) is 11.8 Å². The first kappa shape index (κ1) is 19.0. The molecule has 156 valence electrons. The van der Waals surface area contributed by atoms with Crippen molar-refractivity contribution in [1.82, 2.24) is 5.32 Å². The lowest BCUT2D eigenvalue weighted by Gasteiger charge is -2.37. The van der Waals surface area contributed by atoms with Crippen molar-refractivity contribution in [3.05, 3.63) is 23.8 Å². The number of nitrogens with zero attached hydrogens (tertiary/aromatic N) is 2. The molecular formula is C20H23F2N3O3S. The third-order valence-electron chi connectivity index (χ3n) is 6.14. The van der Waals surface area contributed by atoms with Crippen molar-refractivity contribution in [2.75, 3.05) is 34.4 Å². The molecule has 1 aromatic carbocycles. The molecule has 29 heavy (non-hydrogen) atoms. The SMILES string of the molecule is O=C(NCC1CN(c2cc(F)c(N3[C@@H]4CC[C@H]3CSC4)c(F)c2)C(=O)O1)C1CC1. The van der Waals surface area contributed by atoms with Gasteiger partial charge in [-0.15, -0.1) is 0 Å². The van der Waals surface area contributed by atoms with Crippen LogP contribution >= 0.6 is 11.8 Å². The van der Waals surface area contributed by atoms with Gasteiger partial charge in [-0.1, -0.05) is 0 Å². The molecule has 1 aromatic rings. The summed E-state index contributed by atoms with van der Waals surface area (Å²) in [6.45, 7) is 0.350.